The Bertz CT molecular complexity index is 495. The highest BCUT2D eigenvalue weighted by Gasteiger charge is 2.10. The van der Waals surface area contributed by atoms with Crippen molar-refractivity contribution in [2.45, 2.75) is 39.7 Å². The first-order valence-electron chi connectivity index (χ1n) is 6.77. The number of nitrogens with zero attached hydrogens (tertiary/aromatic N) is 1. The molecule has 0 aliphatic heterocycles. The van der Waals surface area contributed by atoms with Gasteiger partial charge in [0.2, 0.25) is 5.91 Å². The highest BCUT2D eigenvalue weighted by molar-refractivity contribution is 14.0. The van der Waals surface area contributed by atoms with Gasteiger partial charge in [0.25, 0.3) is 0 Å². The molecule has 0 spiro atoms. The van der Waals surface area contributed by atoms with Gasteiger partial charge < -0.3 is 16.4 Å². The van der Waals surface area contributed by atoms with Crippen LogP contribution in [0.5, 0.6) is 0 Å². The quantitative estimate of drug-likeness (QED) is 0.410. The first-order valence-corrected chi connectivity index (χ1v) is 6.77. The second kappa shape index (κ2) is 8.86. The van der Waals surface area contributed by atoms with Crippen LogP contribution in [0.15, 0.2) is 29.3 Å². The van der Waals surface area contributed by atoms with Crippen LogP contribution in [0.4, 0.5) is 5.69 Å². The van der Waals surface area contributed by atoms with Crippen molar-refractivity contribution in [1.82, 2.24) is 5.32 Å². The average molecular weight is 404 g/mol. The van der Waals surface area contributed by atoms with Crippen LogP contribution in [-0.2, 0) is 11.2 Å². The number of anilines is 1. The maximum atomic E-state index is 11.8. The minimum atomic E-state index is -0.183. The van der Waals surface area contributed by atoms with Crippen molar-refractivity contribution in [3.05, 3.63) is 29.8 Å². The highest BCUT2D eigenvalue weighted by Crippen LogP contribution is 2.10. The van der Waals surface area contributed by atoms with Gasteiger partial charge in [-0.2, -0.15) is 0 Å². The van der Waals surface area contributed by atoms with Gasteiger partial charge in [0.15, 0.2) is 5.96 Å². The van der Waals surface area contributed by atoms with Crippen molar-refractivity contribution in [1.29, 1.82) is 0 Å². The number of hydrogen-bond donors (Lipinski definition) is 3. The number of carbonyl (C=O) groups is 1. The van der Waals surface area contributed by atoms with Crippen LogP contribution < -0.4 is 16.4 Å². The van der Waals surface area contributed by atoms with E-state index in [1.807, 2.05) is 45.0 Å². The zero-order valence-electron chi connectivity index (χ0n) is 13.1. The second-order valence-electron chi connectivity index (χ2n) is 5.68. The minimum absolute atomic E-state index is 0. The second-order valence-corrected chi connectivity index (χ2v) is 5.68. The first-order chi connectivity index (χ1) is 9.30. The van der Waals surface area contributed by atoms with Crippen LogP contribution in [0, 0.1) is 0 Å². The van der Waals surface area contributed by atoms with Crippen LogP contribution in [0.2, 0.25) is 0 Å². The third kappa shape index (κ3) is 8.54. The molecule has 0 saturated heterocycles. The molecule has 0 bridgehead atoms. The molecule has 1 aromatic rings. The molecule has 21 heavy (non-hydrogen) atoms. The predicted octanol–water partition coefficient (Wildman–Crippen LogP) is 2.51. The average Bonchev–Trinajstić information content (AvgIpc) is 2.34. The molecule has 0 radical (unpaired) electrons. The third-order valence-electron chi connectivity index (χ3n) is 2.52. The van der Waals surface area contributed by atoms with E-state index < -0.39 is 0 Å². The van der Waals surface area contributed by atoms with Gasteiger partial charge in [-0.3, -0.25) is 4.79 Å². The molecule has 0 aliphatic rings. The van der Waals surface area contributed by atoms with Crippen LogP contribution in [-0.4, -0.2) is 24.0 Å². The van der Waals surface area contributed by atoms with E-state index in [0.717, 1.165) is 12.1 Å². The molecule has 4 N–H and O–H groups in total. The molecule has 0 unspecified atom stereocenters. The van der Waals surface area contributed by atoms with Gasteiger partial charge in [-0.1, -0.05) is 19.1 Å². The standard InChI is InChI=1S/C15H24N4O.HI/c1-5-11-7-6-8-12(9-11)18-13(20)10-17-14(16)19-15(2,3)4;/h6-9H,5,10H2,1-4H3,(H,18,20)(H3,16,17,19);1H. The van der Waals surface area contributed by atoms with Crippen molar-refractivity contribution in [2.75, 3.05) is 11.9 Å². The molecule has 1 amide bonds. The Morgan fingerprint density at radius 2 is 2.00 bits per heavy atom. The SMILES string of the molecule is CCc1cccc(NC(=O)CN=C(N)NC(C)(C)C)c1.I. The molecular weight excluding hydrogens is 379 g/mol. The third-order valence-corrected chi connectivity index (χ3v) is 2.52. The number of nitrogens with two attached hydrogens (primary N) is 1. The van der Waals surface area contributed by atoms with Crippen molar-refractivity contribution in [3.63, 3.8) is 0 Å². The molecule has 118 valence electrons. The number of hydrogen-bond acceptors (Lipinski definition) is 2. The molecule has 0 saturated carbocycles. The summed E-state index contributed by atoms with van der Waals surface area (Å²) in [5.41, 5.74) is 7.50. The number of benzene rings is 1. The lowest BCUT2D eigenvalue weighted by Gasteiger charge is -2.20. The zero-order chi connectivity index (χ0) is 15.2. The Morgan fingerprint density at radius 1 is 1.33 bits per heavy atom. The monoisotopic (exact) mass is 404 g/mol. The lowest BCUT2D eigenvalue weighted by molar-refractivity contribution is -0.114. The smallest absolute Gasteiger partial charge is 0.246 e. The summed E-state index contributed by atoms with van der Waals surface area (Å²) < 4.78 is 0. The van der Waals surface area contributed by atoms with Crippen molar-refractivity contribution < 1.29 is 4.79 Å². The topological polar surface area (TPSA) is 79.5 Å². The Balaban J connectivity index is 0.00000400. The van der Waals surface area contributed by atoms with Crippen LogP contribution in [0.3, 0.4) is 0 Å². The molecular formula is C15H25IN4O. The minimum Gasteiger partial charge on any atom is -0.370 e. The molecule has 0 fully saturated rings. The summed E-state index contributed by atoms with van der Waals surface area (Å²) in [6.45, 7) is 8.01. The molecule has 0 aromatic heterocycles. The number of guanidine groups is 1. The predicted molar refractivity (Wildman–Crippen MR) is 99.2 cm³/mol. The van der Waals surface area contributed by atoms with Gasteiger partial charge >= 0.3 is 0 Å². The van der Waals surface area contributed by atoms with Crippen LogP contribution in [0.1, 0.15) is 33.3 Å². The van der Waals surface area contributed by atoms with Crippen LogP contribution >= 0.6 is 24.0 Å². The molecule has 1 aromatic carbocycles. The van der Waals surface area contributed by atoms with Gasteiger partial charge in [0.1, 0.15) is 6.54 Å². The Kier molecular flexibility index (Phi) is 8.31. The maximum Gasteiger partial charge on any atom is 0.246 e. The van der Waals surface area contributed by atoms with Gasteiger partial charge in [-0.15, -0.1) is 24.0 Å². The zero-order valence-corrected chi connectivity index (χ0v) is 15.4. The number of rotatable bonds is 4. The maximum absolute atomic E-state index is 11.8. The van der Waals surface area contributed by atoms with E-state index in [1.54, 1.807) is 0 Å². The molecule has 0 aliphatic carbocycles. The van der Waals surface area contributed by atoms with Crippen molar-refractivity contribution >= 4 is 41.5 Å². The van der Waals surface area contributed by atoms with Gasteiger partial charge in [0.05, 0.1) is 0 Å². The number of nitrogens with one attached hydrogen (secondary N) is 2. The van der Waals surface area contributed by atoms with Crippen molar-refractivity contribution in [3.8, 4) is 0 Å². The van der Waals surface area contributed by atoms with E-state index in [-0.39, 0.29) is 47.9 Å². The van der Waals surface area contributed by atoms with Crippen LogP contribution in [0.25, 0.3) is 0 Å². The highest BCUT2D eigenvalue weighted by atomic mass is 127. The fourth-order valence-electron chi connectivity index (χ4n) is 1.65. The summed E-state index contributed by atoms with van der Waals surface area (Å²) in [4.78, 5) is 15.8. The summed E-state index contributed by atoms with van der Waals surface area (Å²) in [6, 6.07) is 7.77. The fourth-order valence-corrected chi connectivity index (χ4v) is 1.65. The number of aryl methyl sites for hydroxylation is 1. The summed E-state index contributed by atoms with van der Waals surface area (Å²) >= 11 is 0. The van der Waals surface area contributed by atoms with E-state index in [9.17, 15) is 4.79 Å². The fraction of sp³-hybridized carbons (Fsp3) is 0.467. The summed E-state index contributed by atoms with van der Waals surface area (Å²) in [5, 5.41) is 5.81. The van der Waals surface area contributed by atoms with E-state index in [4.69, 9.17) is 5.73 Å². The first kappa shape index (κ1) is 19.7. The number of carbonyl (C=O) groups excluding carboxylic acids is 1. The molecule has 0 atom stereocenters. The van der Waals surface area contributed by atoms with Gasteiger partial charge in [0, 0.05) is 11.2 Å². The normalized spacial score (nSPS) is 11.5. The number of aliphatic imine (C=N–C) groups is 1. The lowest BCUT2D eigenvalue weighted by Crippen LogP contribution is -2.45. The van der Waals surface area contributed by atoms with Crippen molar-refractivity contribution in [2.24, 2.45) is 10.7 Å². The van der Waals surface area contributed by atoms with E-state index in [0.29, 0.717) is 0 Å². The summed E-state index contributed by atoms with van der Waals surface area (Å²) in [7, 11) is 0. The van der Waals surface area contributed by atoms with E-state index >= 15 is 0 Å². The Hall–Kier alpha value is -1.31. The van der Waals surface area contributed by atoms with Gasteiger partial charge in [-0.05, 0) is 44.9 Å². The number of halogens is 1. The molecule has 0 heterocycles. The summed E-state index contributed by atoms with van der Waals surface area (Å²) in [5.74, 6) is 0.0897. The Morgan fingerprint density at radius 3 is 2.57 bits per heavy atom. The summed E-state index contributed by atoms with van der Waals surface area (Å²) in [6.07, 6.45) is 0.935. The number of amides is 1. The molecule has 1 rings (SSSR count). The van der Waals surface area contributed by atoms with E-state index in [2.05, 4.69) is 22.5 Å². The molecule has 6 heteroatoms. The lowest BCUT2D eigenvalue weighted by atomic mass is 10.1. The molecule has 5 nitrogen and oxygen atoms in total. The Labute approximate surface area is 143 Å². The van der Waals surface area contributed by atoms with E-state index in [1.165, 1.54) is 5.56 Å². The largest absolute Gasteiger partial charge is 0.370 e. The van der Waals surface area contributed by atoms with Gasteiger partial charge in [-0.25, -0.2) is 4.99 Å².